The summed E-state index contributed by atoms with van der Waals surface area (Å²) in [7, 11) is 0. The van der Waals surface area contributed by atoms with Crippen molar-refractivity contribution in [3.63, 3.8) is 0 Å². The molecule has 3 aromatic heterocycles. The molecule has 1 aromatic carbocycles. The van der Waals surface area contributed by atoms with Crippen LogP contribution >= 0.6 is 0 Å². The van der Waals surface area contributed by atoms with Crippen LogP contribution in [0.2, 0.25) is 0 Å². The predicted molar refractivity (Wildman–Crippen MR) is 130 cm³/mol. The maximum Gasteiger partial charge on any atom is 0.261 e. The molecule has 34 heavy (non-hydrogen) atoms. The molecule has 2 aliphatic rings. The van der Waals surface area contributed by atoms with Crippen molar-refractivity contribution in [3.05, 3.63) is 70.2 Å². The molecular weight excluding hydrogens is 428 g/mol. The van der Waals surface area contributed by atoms with E-state index in [4.69, 9.17) is 14.7 Å². The minimum absolute atomic E-state index is 0.00731. The van der Waals surface area contributed by atoms with Gasteiger partial charge in [0, 0.05) is 43.3 Å². The number of fused-ring (bicyclic) bond motifs is 2. The lowest BCUT2D eigenvalue weighted by Crippen LogP contribution is -2.39. The van der Waals surface area contributed by atoms with Gasteiger partial charge in [0.25, 0.3) is 5.56 Å². The summed E-state index contributed by atoms with van der Waals surface area (Å²) in [6.07, 6.45) is 4.72. The first-order valence-corrected chi connectivity index (χ1v) is 12.0. The second-order valence-corrected chi connectivity index (χ2v) is 9.08. The Morgan fingerprint density at radius 3 is 2.76 bits per heavy atom. The molecule has 4 heterocycles. The number of imidazole rings is 1. The van der Waals surface area contributed by atoms with Crippen molar-refractivity contribution in [2.45, 2.75) is 32.7 Å². The lowest BCUT2D eigenvalue weighted by Gasteiger charge is -2.26. The van der Waals surface area contributed by atoms with E-state index >= 15 is 0 Å². The first-order chi connectivity index (χ1) is 16.7. The molecule has 0 amide bonds. The minimum atomic E-state index is -0.00731. The number of nitrogens with zero attached hydrogens (tertiary/aromatic N) is 6. The highest BCUT2D eigenvalue weighted by Gasteiger charge is 2.24. The molecule has 8 nitrogen and oxygen atoms in total. The molecule has 0 radical (unpaired) electrons. The topological polar surface area (TPSA) is 78.1 Å². The fraction of sp³-hybridized carbons (Fsp3) is 0.385. The first kappa shape index (κ1) is 21.2. The van der Waals surface area contributed by atoms with E-state index in [1.807, 2.05) is 43.3 Å². The molecular formula is C26H28N6O2. The Balaban J connectivity index is 1.41. The largest absolute Gasteiger partial charge is 0.379 e. The number of hydrogen-bond acceptors (Lipinski definition) is 6. The third-order valence-electron chi connectivity index (χ3n) is 6.83. The molecule has 1 saturated heterocycles. The molecule has 1 aliphatic carbocycles. The molecule has 0 spiro atoms. The van der Waals surface area contributed by atoms with Crippen molar-refractivity contribution in [1.29, 1.82) is 0 Å². The number of ether oxygens (including phenoxy) is 1. The van der Waals surface area contributed by atoms with Gasteiger partial charge in [0.05, 0.1) is 36.1 Å². The summed E-state index contributed by atoms with van der Waals surface area (Å²) in [6.45, 7) is 6.73. The van der Waals surface area contributed by atoms with Crippen LogP contribution < -0.4 is 5.56 Å². The third kappa shape index (κ3) is 3.82. The zero-order chi connectivity index (χ0) is 23.1. The van der Waals surface area contributed by atoms with Crippen molar-refractivity contribution in [2.75, 3.05) is 32.8 Å². The molecule has 8 heteroatoms. The van der Waals surface area contributed by atoms with Crippen LogP contribution in [0.4, 0.5) is 0 Å². The van der Waals surface area contributed by atoms with Crippen LogP contribution in [-0.4, -0.2) is 61.8 Å². The standard InChI is InChI=1S/C26H28N6O2/c1-18-4-2-6-23(28-18)25-29-22-5-3-7-24(22)32(25)19-8-9-21-20(16-19)26(33)31(17-27-21)11-10-30-12-14-34-15-13-30/h2,4,6,8-9,16-17H,3,5,7,10-15H2,1H3. The molecule has 0 saturated carbocycles. The lowest BCUT2D eigenvalue weighted by molar-refractivity contribution is 0.0362. The second-order valence-electron chi connectivity index (χ2n) is 9.08. The summed E-state index contributed by atoms with van der Waals surface area (Å²) < 4.78 is 9.34. The molecule has 4 aromatic rings. The highest BCUT2D eigenvalue weighted by atomic mass is 16.5. The van der Waals surface area contributed by atoms with Gasteiger partial charge in [-0.3, -0.25) is 18.8 Å². The summed E-state index contributed by atoms with van der Waals surface area (Å²) in [6, 6.07) is 11.9. The van der Waals surface area contributed by atoms with Gasteiger partial charge in [-0.1, -0.05) is 6.07 Å². The fourth-order valence-corrected chi connectivity index (χ4v) is 5.02. The van der Waals surface area contributed by atoms with Crippen LogP contribution in [0.5, 0.6) is 0 Å². The Morgan fingerprint density at radius 1 is 1.03 bits per heavy atom. The van der Waals surface area contributed by atoms with Crippen molar-refractivity contribution >= 4 is 10.9 Å². The van der Waals surface area contributed by atoms with Crippen LogP contribution in [0.1, 0.15) is 23.5 Å². The highest BCUT2D eigenvalue weighted by molar-refractivity contribution is 5.80. The first-order valence-electron chi connectivity index (χ1n) is 12.0. The normalized spacial score (nSPS) is 16.3. The number of benzene rings is 1. The molecule has 1 aliphatic heterocycles. The maximum atomic E-state index is 13.4. The predicted octanol–water partition coefficient (Wildman–Crippen LogP) is 2.77. The molecule has 0 unspecified atom stereocenters. The van der Waals surface area contributed by atoms with E-state index in [1.165, 1.54) is 5.69 Å². The maximum absolute atomic E-state index is 13.4. The van der Waals surface area contributed by atoms with Crippen LogP contribution in [0.3, 0.4) is 0 Å². The van der Waals surface area contributed by atoms with E-state index in [0.29, 0.717) is 17.4 Å². The summed E-state index contributed by atoms with van der Waals surface area (Å²) in [4.78, 5) is 30.0. The Kier molecular flexibility index (Phi) is 5.47. The Labute approximate surface area is 197 Å². The number of aromatic nitrogens is 5. The zero-order valence-corrected chi connectivity index (χ0v) is 19.4. The van der Waals surface area contributed by atoms with Gasteiger partial charge in [0.2, 0.25) is 0 Å². The molecule has 0 atom stereocenters. The molecule has 174 valence electrons. The van der Waals surface area contributed by atoms with E-state index in [1.54, 1.807) is 10.9 Å². The number of hydrogen-bond donors (Lipinski definition) is 0. The monoisotopic (exact) mass is 456 g/mol. The summed E-state index contributed by atoms with van der Waals surface area (Å²) in [5.41, 5.74) is 5.80. The SMILES string of the molecule is Cc1cccc(-c2nc3c(n2-c2ccc4ncn(CCN5CCOCC5)c(=O)c4c2)CCC3)n1. The van der Waals surface area contributed by atoms with Crippen LogP contribution in [0.25, 0.3) is 28.1 Å². The molecule has 6 rings (SSSR count). The van der Waals surface area contributed by atoms with E-state index in [9.17, 15) is 4.79 Å². The quantitative estimate of drug-likeness (QED) is 0.460. The molecule has 0 N–H and O–H groups in total. The third-order valence-corrected chi connectivity index (χ3v) is 6.83. The average Bonchev–Trinajstić information content (AvgIpc) is 3.46. The highest BCUT2D eigenvalue weighted by Crippen LogP contribution is 2.31. The Morgan fingerprint density at radius 2 is 1.91 bits per heavy atom. The summed E-state index contributed by atoms with van der Waals surface area (Å²) in [5, 5.41) is 0.630. The molecule has 0 bridgehead atoms. The zero-order valence-electron chi connectivity index (χ0n) is 19.4. The Bertz CT molecular complexity index is 1420. The minimum Gasteiger partial charge on any atom is -0.379 e. The van der Waals surface area contributed by atoms with Gasteiger partial charge in [-0.15, -0.1) is 0 Å². The summed E-state index contributed by atoms with van der Waals surface area (Å²) in [5.74, 6) is 0.837. The van der Waals surface area contributed by atoms with Crippen LogP contribution in [-0.2, 0) is 24.1 Å². The number of morpholine rings is 1. The van der Waals surface area contributed by atoms with E-state index in [0.717, 1.165) is 80.7 Å². The summed E-state index contributed by atoms with van der Waals surface area (Å²) >= 11 is 0. The smallest absolute Gasteiger partial charge is 0.261 e. The van der Waals surface area contributed by atoms with Crippen LogP contribution in [0, 0.1) is 6.92 Å². The van der Waals surface area contributed by atoms with Gasteiger partial charge < -0.3 is 4.74 Å². The second kappa shape index (κ2) is 8.77. The van der Waals surface area contributed by atoms with E-state index in [2.05, 4.69) is 14.5 Å². The van der Waals surface area contributed by atoms with Crippen molar-refractivity contribution in [3.8, 4) is 17.2 Å². The van der Waals surface area contributed by atoms with Crippen molar-refractivity contribution < 1.29 is 4.74 Å². The van der Waals surface area contributed by atoms with Crippen molar-refractivity contribution in [1.82, 2.24) is 29.0 Å². The van der Waals surface area contributed by atoms with E-state index < -0.39 is 0 Å². The lowest BCUT2D eigenvalue weighted by atomic mass is 10.2. The fourth-order valence-electron chi connectivity index (χ4n) is 5.02. The van der Waals surface area contributed by atoms with Gasteiger partial charge >= 0.3 is 0 Å². The van der Waals surface area contributed by atoms with E-state index in [-0.39, 0.29) is 5.56 Å². The number of pyridine rings is 1. The average molecular weight is 457 g/mol. The van der Waals surface area contributed by atoms with Crippen molar-refractivity contribution in [2.24, 2.45) is 0 Å². The molecule has 1 fully saturated rings. The van der Waals surface area contributed by atoms with Gasteiger partial charge in [-0.25, -0.2) is 15.0 Å². The Hall–Kier alpha value is -3.36. The van der Waals surface area contributed by atoms with Gasteiger partial charge in [-0.05, 0) is 56.5 Å². The van der Waals surface area contributed by atoms with Gasteiger partial charge in [-0.2, -0.15) is 0 Å². The van der Waals surface area contributed by atoms with Gasteiger partial charge in [0.1, 0.15) is 5.69 Å². The number of aryl methyl sites for hydroxylation is 2. The van der Waals surface area contributed by atoms with Gasteiger partial charge in [0.15, 0.2) is 5.82 Å². The number of rotatable bonds is 5. The van der Waals surface area contributed by atoms with Crippen LogP contribution in [0.15, 0.2) is 47.5 Å².